The molecule has 0 bridgehead atoms. The van der Waals surface area contributed by atoms with Crippen LogP contribution in [0.2, 0.25) is 0 Å². The third kappa shape index (κ3) is 4.23. The van der Waals surface area contributed by atoms with Gasteiger partial charge in [0, 0.05) is 18.7 Å². The number of para-hydroxylation sites is 2. The molecule has 9 heteroatoms. The number of nitrogens with one attached hydrogen (secondary N) is 1. The summed E-state index contributed by atoms with van der Waals surface area (Å²) in [5.41, 5.74) is 0.388. The van der Waals surface area contributed by atoms with Gasteiger partial charge in [-0.25, -0.2) is 4.98 Å². The number of rotatable bonds is 4. The molecule has 32 heavy (non-hydrogen) atoms. The fourth-order valence-electron chi connectivity index (χ4n) is 4.01. The van der Waals surface area contributed by atoms with Gasteiger partial charge in [-0.3, -0.25) is 14.9 Å². The molecule has 1 aliphatic rings. The molecule has 0 saturated carbocycles. The summed E-state index contributed by atoms with van der Waals surface area (Å²) in [4.78, 5) is 31.1. The van der Waals surface area contributed by atoms with Gasteiger partial charge in [-0.05, 0) is 49.2 Å². The summed E-state index contributed by atoms with van der Waals surface area (Å²) in [7, 11) is 0. The predicted octanol–water partition coefficient (Wildman–Crippen LogP) is 4.66. The predicted molar refractivity (Wildman–Crippen MR) is 114 cm³/mol. The van der Waals surface area contributed by atoms with Crippen molar-refractivity contribution in [3.8, 4) is 0 Å². The number of anilines is 1. The first-order chi connectivity index (χ1) is 15.3. The zero-order valence-corrected chi connectivity index (χ0v) is 17.1. The number of alkyl halides is 3. The molecule has 2 heterocycles. The number of nitrogens with zero attached hydrogens (tertiary/aromatic N) is 3. The minimum Gasteiger partial charge on any atom is -0.337 e. The summed E-state index contributed by atoms with van der Waals surface area (Å²) in [6, 6.07) is 11.4. The standard InChI is InChI=1S/C23H21F3N4O2/c1-2-20(31)29-12-6-9-17(14-29)30-19-11-4-3-10-18(19)27-22(30)28-21(32)15-7-5-8-16(13-15)23(24,25)26/h2-5,7-8,10-11,13,17H,1,6,9,12,14H2,(H,27,28,32)/t17-/m1/s1. The maximum Gasteiger partial charge on any atom is 0.416 e. The third-order valence-electron chi connectivity index (χ3n) is 5.52. The highest BCUT2D eigenvalue weighted by molar-refractivity contribution is 6.04. The first-order valence-corrected chi connectivity index (χ1v) is 10.1. The van der Waals surface area contributed by atoms with Crippen LogP contribution in [0.3, 0.4) is 0 Å². The highest BCUT2D eigenvalue weighted by Crippen LogP contribution is 2.32. The molecule has 0 spiro atoms. The van der Waals surface area contributed by atoms with E-state index in [0.29, 0.717) is 18.6 Å². The van der Waals surface area contributed by atoms with Crippen molar-refractivity contribution in [3.05, 3.63) is 72.3 Å². The number of aromatic nitrogens is 2. The Hall–Kier alpha value is -3.62. The Bertz CT molecular complexity index is 1190. The SMILES string of the molecule is C=CC(=O)N1CCC[C@@H](n2c(NC(=O)c3cccc(C(F)(F)F)c3)nc3ccccc32)C1. The van der Waals surface area contributed by atoms with E-state index >= 15 is 0 Å². The van der Waals surface area contributed by atoms with Crippen LogP contribution in [-0.4, -0.2) is 39.4 Å². The van der Waals surface area contributed by atoms with E-state index in [2.05, 4.69) is 16.9 Å². The van der Waals surface area contributed by atoms with E-state index in [1.54, 1.807) is 11.0 Å². The van der Waals surface area contributed by atoms with Crippen molar-refractivity contribution in [1.82, 2.24) is 14.5 Å². The maximum absolute atomic E-state index is 13.0. The van der Waals surface area contributed by atoms with Gasteiger partial charge in [0.05, 0.1) is 22.6 Å². The van der Waals surface area contributed by atoms with Crippen molar-refractivity contribution in [2.24, 2.45) is 0 Å². The summed E-state index contributed by atoms with van der Waals surface area (Å²) in [5.74, 6) is -0.636. The number of carbonyl (C=O) groups is 2. The van der Waals surface area contributed by atoms with E-state index in [4.69, 9.17) is 0 Å². The molecule has 0 unspecified atom stereocenters. The van der Waals surface area contributed by atoms with Crippen molar-refractivity contribution in [1.29, 1.82) is 0 Å². The van der Waals surface area contributed by atoms with Gasteiger partial charge < -0.3 is 9.47 Å². The lowest BCUT2D eigenvalue weighted by molar-refractivity contribution is -0.137. The second-order valence-electron chi connectivity index (χ2n) is 7.61. The average molecular weight is 442 g/mol. The van der Waals surface area contributed by atoms with Gasteiger partial charge in [0.2, 0.25) is 11.9 Å². The van der Waals surface area contributed by atoms with Crippen molar-refractivity contribution >= 4 is 28.8 Å². The largest absolute Gasteiger partial charge is 0.416 e. The number of carbonyl (C=O) groups excluding carboxylic acids is 2. The van der Waals surface area contributed by atoms with E-state index in [1.165, 1.54) is 18.2 Å². The van der Waals surface area contributed by atoms with Crippen LogP contribution in [0, 0.1) is 0 Å². The number of likely N-dealkylation sites (tertiary alicyclic amines) is 1. The van der Waals surface area contributed by atoms with Crippen LogP contribution >= 0.6 is 0 Å². The Labute approximate surface area is 182 Å². The quantitative estimate of drug-likeness (QED) is 0.598. The summed E-state index contributed by atoms with van der Waals surface area (Å²) in [6.07, 6.45) is -1.76. The summed E-state index contributed by atoms with van der Waals surface area (Å²) < 4.78 is 41.0. The van der Waals surface area contributed by atoms with Gasteiger partial charge in [0.15, 0.2) is 0 Å². The molecule has 3 aromatic rings. The average Bonchev–Trinajstić information content (AvgIpc) is 3.15. The van der Waals surface area contributed by atoms with Crippen LogP contribution in [0.5, 0.6) is 0 Å². The molecule has 1 aliphatic heterocycles. The first-order valence-electron chi connectivity index (χ1n) is 10.1. The summed E-state index contributed by atoms with van der Waals surface area (Å²) in [6.45, 7) is 4.57. The number of piperidine rings is 1. The minimum atomic E-state index is -4.55. The van der Waals surface area contributed by atoms with Gasteiger partial charge in [0.1, 0.15) is 0 Å². The van der Waals surface area contributed by atoms with E-state index in [-0.39, 0.29) is 23.5 Å². The van der Waals surface area contributed by atoms with Gasteiger partial charge in [0.25, 0.3) is 5.91 Å². The number of halogens is 3. The Morgan fingerprint density at radius 2 is 1.94 bits per heavy atom. The molecule has 6 nitrogen and oxygen atoms in total. The second kappa shape index (κ2) is 8.49. The molecule has 1 aromatic heterocycles. The lowest BCUT2D eigenvalue weighted by Gasteiger charge is -2.33. The molecule has 2 amide bonds. The van der Waals surface area contributed by atoms with E-state index in [9.17, 15) is 22.8 Å². The molecule has 1 atom stereocenters. The molecule has 2 aromatic carbocycles. The third-order valence-corrected chi connectivity index (χ3v) is 5.52. The van der Waals surface area contributed by atoms with E-state index in [0.717, 1.165) is 30.5 Å². The number of hydrogen-bond acceptors (Lipinski definition) is 3. The van der Waals surface area contributed by atoms with Crippen LogP contribution in [0.25, 0.3) is 11.0 Å². The van der Waals surface area contributed by atoms with Crippen LogP contribution < -0.4 is 5.32 Å². The van der Waals surface area contributed by atoms with Crippen molar-refractivity contribution < 1.29 is 22.8 Å². The fraction of sp³-hybridized carbons (Fsp3) is 0.261. The van der Waals surface area contributed by atoms with Gasteiger partial charge >= 0.3 is 6.18 Å². The molecular weight excluding hydrogens is 421 g/mol. The smallest absolute Gasteiger partial charge is 0.337 e. The first kappa shape index (κ1) is 21.6. The normalized spacial score (nSPS) is 16.7. The van der Waals surface area contributed by atoms with Crippen LogP contribution in [0.1, 0.15) is 34.8 Å². The van der Waals surface area contributed by atoms with Crippen LogP contribution in [0.4, 0.5) is 19.1 Å². The van der Waals surface area contributed by atoms with Crippen LogP contribution in [0.15, 0.2) is 61.2 Å². The Kier molecular flexibility index (Phi) is 5.73. The molecule has 166 valence electrons. The van der Waals surface area contributed by atoms with Crippen molar-refractivity contribution in [3.63, 3.8) is 0 Å². The number of hydrogen-bond donors (Lipinski definition) is 1. The Morgan fingerprint density at radius 1 is 1.16 bits per heavy atom. The van der Waals surface area contributed by atoms with Gasteiger partial charge in [-0.1, -0.05) is 24.8 Å². The molecule has 4 rings (SSSR count). The Balaban J connectivity index is 1.69. The molecule has 0 radical (unpaired) electrons. The van der Waals surface area contributed by atoms with Gasteiger partial charge in [-0.2, -0.15) is 13.2 Å². The molecule has 1 fully saturated rings. The zero-order chi connectivity index (χ0) is 22.9. The van der Waals surface area contributed by atoms with Crippen molar-refractivity contribution in [2.45, 2.75) is 25.1 Å². The van der Waals surface area contributed by atoms with Crippen LogP contribution in [-0.2, 0) is 11.0 Å². The topological polar surface area (TPSA) is 67.2 Å². The monoisotopic (exact) mass is 442 g/mol. The summed E-state index contributed by atoms with van der Waals surface area (Å²) in [5, 5.41) is 2.67. The second-order valence-corrected chi connectivity index (χ2v) is 7.61. The van der Waals surface area contributed by atoms with Gasteiger partial charge in [-0.15, -0.1) is 0 Å². The number of fused-ring (bicyclic) bond motifs is 1. The molecular formula is C23H21F3N4O2. The molecule has 1 saturated heterocycles. The van der Waals surface area contributed by atoms with E-state index in [1.807, 2.05) is 22.8 Å². The fourth-order valence-corrected chi connectivity index (χ4v) is 4.01. The molecule has 0 aliphatic carbocycles. The highest BCUT2D eigenvalue weighted by Gasteiger charge is 2.31. The number of imidazole rings is 1. The zero-order valence-electron chi connectivity index (χ0n) is 17.1. The number of amides is 2. The summed E-state index contributed by atoms with van der Waals surface area (Å²) >= 11 is 0. The maximum atomic E-state index is 13.0. The Morgan fingerprint density at radius 3 is 2.69 bits per heavy atom. The lowest BCUT2D eigenvalue weighted by atomic mass is 10.0. The van der Waals surface area contributed by atoms with Crippen molar-refractivity contribution in [2.75, 3.05) is 18.4 Å². The van der Waals surface area contributed by atoms with E-state index < -0.39 is 17.6 Å². The minimum absolute atomic E-state index is 0.120. The molecule has 1 N–H and O–H groups in total. The lowest BCUT2D eigenvalue weighted by Crippen LogP contribution is -2.40. The highest BCUT2D eigenvalue weighted by atomic mass is 19.4. The number of benzene rings is 2.